The molecule has 1 aliphatic heterocycles. The van der Waals surface area contributed by atoms with Gasteiger partial charge in [-0.2, -0.15) is 0 Å². The Balaban J connectivity index is 1.73. The van der Waals surface area contributed by atoms with E-state index in [2.05, 4.69) is 4.72 Å². The van der Waals surface area contributed by atoms with Crippen molar-refractivity contribution >= 4 is 10.0 Å². The quantitative estimate of drug-likeness (QED) is 0.924. The van der Waals surface area contributed by atoms with E-state index in [1.807, 2.05) is 57.2 Å². The molecule has 2 aromatic carbocycles. The summed E-state index contributed by atoms with van der Waals surface area (Å²) in [4.78, 5) is 0.338. The molecule has 0 saturated heterocycles. The second-order valence-corrected chi connectivity index (χ2v) is 7.78. The fourth-order valence-electron chi connectivity index (χ4n) is 3.03. The monoisotopic (exact) mass is 347 g/mol. The molecule has 0 amide bonds. The summed E-state index contributed by atoms with van der Waals surface area (Å²) in [6.45, 7) is 6.04. The number of nitrogens with one attached hydrogen (secondary N) is 1. The molecule has 0 bridgehead atoms. The molecule has 1 atom stereocenters. The molecule has 0 saturated carbocycles. The van der Waals surface area contributed by atoms with E-state index < -0.39 is 10.0 Å². The molecule has 0 radical (unpaired) electrons. The molecule has 0 unspecified atom stereocenters. The van der Waals surface area contributed by atoms with Gasteiger partial charge in [-0.1, -0.05) is 29.8 Å². The second kappa shape index (κ2) is 6.45. The van der Waals surface area contributed by atoms with Gasteiger partial charge in [-0.3, -0.25) is 0 Å². The van der Waals surface area contributed by atoms with E-state index in [1.54, 1.807) is 0 Å². The van der Waals surface area contributed by atoms with Crippen LogP contribution in [0.3, 0.4) is 0 Å². The van der Waals surface area contributed by atoms with Crippen LogP contribution in [0, 0.1) is 20.8 Å². The maximum atomic E-state index is 12.7. The lowest BCUT2D eigenvalue weighted by Gasteiger charge is -2.26. The first-order valence-corrected chi connectivity index (χ1v) is 9.31. The lowest BCUT2D eigenvalue weighted by Crippen LogP contribution is -2.41. The van der Waals surface area contributed by atoms with Gasteiger partial charge in [-0.15, -0.1) is 0 Å². The Kier molecular flexibility index (Phi) is 4.51. The van der Waals surface area contributed by atoms with Crippen molar-refractivity contribution in [1.82, 2.24) is 4.72 Å². The Hall–Kier alpha value is -2.05. The van der Waals surface area contributed by atoms with Crippen LogP contribution in [0.25, 0.3) is 0 Å². The van der Waals surface area contributed by atoms with Crippen LogP contribution in [0.15, 0.2) is 41.3 Å². The minimum atomic E-state index is -3.60. The van der Waals surface area contributed by atoms with Crippen LogP contribution in [-0.4, -0.2) is 27.7 Å². The van der Waals surface area contributed by atoms with E-state index in [0.29, 0.717) is 23.0 Å². The molecule has 1 N–H and O–H groups in total. The summed E-state index contributed by atoms with van der Waals surface area (Å²) in [7, 11) is -3.60. The maximum absolute atomic E-state index is 12.7. The van der Waals surface area contributed by atoms with Gasteiger partial charge in [0.2, 0.25) is 10.0 Å². The molecule has 0 aromatic heterocycles. The Morgan fingerprint density at radius 3 is 2.38 bits per heavy atom. The average molecular weight is 347 g/mol. The number of ether oxygens (including phenoxy) is 2. The molecule has 6 heteroatoms. The molecule has 1 aliphatic rings. The summed E-state index contributed by atoms with van der Waals surface area (Å²) in [5.74, 6) is 1.32. The van der Waals surface area contributed by atoms with Crippen LogP contribution in [-0.2, 0) is 10.0 Å². The van der Waals surface area contributed by atoms with Crippen LogP contribution in [0.2, 0.25) is 0 Å². The predicted octanol–water partition coefficient (Wildman–Crippen LogP) is 2.73. The van der Waals surface area contributed by atoms with Crippen LogP contribution in [0.5, 0.6) is 11.5 Å². The van der Waals surface area contributed by atoms with E-state index in [-0.39, 0.29) is 12.6 Å². The van der Waals surface area contributed by atoms with E-state index in [0.717, 1.165) is 16.7 Å². The number of aryl methyl sites for hydroxylation is 3. The first-order chi connectivity index (χ1) is 11.4. The van der Waals surface area contributed by atoms with Gasteiger partial charge in [0.25, 0.3) is 0 Å². The van der Waals surface area contributed by atoms with E-state index in [1.165, 1.54) is 0 Å². The number of hydrogen-bond acceptors (Lipinski definition) is 4. The zero-order chi connectivity index (χ0) is 17.3. The van der Waals surface area contributed by atoms with Crippen LogP contribution >= 0.6 is 0 Å². The van der Waals surface area contributed by atoms with Gasteiger partial charge in [0.05, 0.1) is 11.4 Å². The van der Waals surface area contributed by atoms with Crippen molar-refractivity contribution in [2.24, 2.45) is 0 Å². The van der Waals surface area contributed by atoms with E-state index >= 15 is 0 Å². The van der Waals surface area contributed by atoms with Crippen molar-refractivity contribution < 1.29 is 17.9 Å². The highest BCUT2D eigenvalue weighted by Crippen LogP contribution is 2.30. The molecule has 0 fully saturated rings. The summed E-state index contributed by atoms with van der Waals surface area (Å²) >= 11 is 0. The zero-order valence-electron chi connectivity index (χ0n) is 14.0. The third-order valence-corrected chi connectivity index (χ3v) is 5.67. The molecule has 5 nitrogen and oxygen atoms in total. The van der Waals surface area contributed by atoms with Gasteiger partial charge in [0, 0.05) is 0 Å². The molecule has 3 rings (SSSR count). The van der Waals surface area contributed by atoms with Gasteiger partial charge in [-0.25, -0.2) is 13.1 Å². The second-order valence-electron chi connectivity index (χ2n) is 6.08. The molecular weight excluding hydrogens is 326 g/mol. The summed E-state index contributed by atoms with van der Waals surface area (Å²) in [6, 6.07) is 11.1. The van der Waals surface area contributed by atoms with Crippen molar-refractivity contribution in [3.8, 4) is 11.5 Å². The third-order valence-electron chi connectivity index (χ3n) is 3.94. The fraction of sp³-hybridized carbons (Fsp3) is 0.333. The first-order valence-electron chi connectivity index (χ1n) is 7.83. The van der Waals surface area contributed by atoms with Gasteiger partial charge < -0.3 is 9.47 Å². The molecule has 24 heavy (non-hydrogen) atoms. The number of fused-ring (bicyclic) bond motifs is 1. The van der Waals surface area contributed by atoms with Crippen LogP contribution < -0.4 is 14.2 Å². The van der Waals surface area contributed by atoms with Crippen molar-refractivity contribution in [2.75, 3.05) is 13.2 Å². The number of benzene rings is 2. The molecular formula is C18H21NO4S. The maximum Gasteiger partial charge on any atom is 0.241 e. The van der Waals surface area contributed by atoms with Crippen molar-refractivity contribution in [3.05, 3.63) is 53.1 Å². The van der Waals surface area contributed by atoms with Crippen molar-refractivity contribution in [3.63, 3.8) is 0 Å². The Morgan fingerprint density at radius 2 is 1.71 bits per heavy atom. The zero-order valence-corrected chi connectivity index (χ0v) is 14.8. The smallest absolute Gasteiger partial charge is 0.241 e. The topological polar surface area (TPSA) is 64.6 Å². The highest BCUT2D eigenvalue weighted by atomic mass is 32.2. The highest BCUT2D eigenvalue weighted by molar-refractivity contribution is 7.89. The Morgan fingerprint density at radius 1 is 1.08 bits per heavy atom. The van der Waals surface area contributed by atoms with Gasteiger partial charge >= 0.3 is 0 Å². The van der Waals surface area contributed by atoms with Gasteiger partial charge in [0.15, 0.2) is 11.5 Å². The Labute approximate surface area is 142 Å². The van der Waals surface area contributed by atoms with E-state index in [9.17, 15) is 8.42 Å². The molecule has 1 heterocycles. The molecule has 2 aromatic rings. The lowest BCUT2D eigenvalue weighted by atomic mass is 10.1. The molecule has 0 aliphatic carbocycles. The third kappa shape index (κ3) is 3.39. The SMILES string of the molecule is Cc1cc(C)c(S(=O)(=O)NC[C@@H]2COc3ccccc3O2)c(C)c1. The van der Waals surface area contributed by atoms with E-state index in [4.69, 9.17) is 9.47 Å². The number of hydrogen-bond donors (Lipinski definition) is 1. The normalized spacial score (nSPS) is 16.9. The summed E-state index contributed by atoms with van der Waals surface area (Å²) < 4.78 is 39.4. The van der Waals surface area contributed by atoms with Crippen molar-refractivity contribution in [1.29, 1.82) is 0 Å². The molecule has 0 spiro atoms. The number of para-hydroxylation sites is 2. The number of rotatable bonds is 4. The van der Waals surface area contributed by atoms with Crippen LogP contribution in [0.4, 0.5) is 0 Å². The first kappa shape index (κ1) is 16.8. The van der Waals surface area contributed by atoms with Gasteiger partial charge in [0.1, 0.15) is 12.7 Å². The minimum absolute atomic E-state index is 0.156. The minimum Gasteiger partial charge on any atom is -0.486 e. The lowest BCUT2D eigenvalue weighted by molar-refractivity contribution is 0.0943. The predicted molar refractivity (Wildman–Crippen MR) is 92.2 cm³/mol. The fourth-order valence-corrected chi connectivity index (χ4v) is 4.54. The van der Waals surface area contributed by atoms with Crippen molar-refractivity contribution in [2.45, 2.75) is 31.8 Å². The summed E-state index contributed by atoms with van der Waals surface area (Å²) in [5.41, 5.74) is 2.53. The highest BCUT2D eigenvalue weighted by Gasteiger charge is 2.25. The standard InChI is InChI=1S/C18H21NO4S/c1-12-8-13(2)18(14(3)9-12)24(20,21)19-10-15-11-22-16-6-4-5-7-17(16)23-15/h4-9,15,19H,10-11H2,1-3H3/t15-/m1/s1. The molecule has 128 valence electrons. The Bertz CT molecular complexity index is 838. The largest absolute Gasteiger partial charge is 0.486 e. The average Bonchev–Trinajstić information content (AvgIpc) is 2.51. The number of sulfonamides is 1. The summed E-state index contributed by atoms with van der Waals surface area (Å²) in [6.07, 6.45) is -0.360. The summed E-state index contributed by atoms with van der Waals surface area (Å²) in [5, 5.41) is 0. The van der Waals surface area contributed by atoms with Gasteiger partial charge in [-0.05, 0) is 44.0 Å². The van der Waals surface area contributed by atoms with Crippen LogP contribution in [0.1, 0.15) is 16.7 Å².